The van der Waals surface area contributed by atoms with Gasteiger partial charge in [0, 0.05) is 24.8 Å². The first-order valence-electron chi connectivity index (χ1n) is 6.78. The van der Waals surface area contributed by atoms with E-state index in [0.717, 1.165) is 40.7 Å². The number of nitrogens with two attached hydrogens (primary N) is 1. The zero-order chi connectivity index (χ0) is 13.4. The fraction of sp³-hybridized carbons (Fsp3) is 0.400. The Morgan fingerprint density at radius 1 is 1.42 bits per heavy atom. The number of aryl methyl sites for hydroxylation is 2. The predicted molar refractivity (Wildman–Crippen MR) is 82.9 cm³/mol. The molecule has 0 bridgehead atoms. The van der Waals surface area contributed by atoms with E-state index >= 15 is 0 Å². The number of rotatable bonds is 2. The van der Waals surface area contributed by atoms with Crippen LogP contribution < -0.4 is 10.6 Å². The maximum atomic E-state index is 6.10. The molecular formula is C15H19N3S. The van der Waals surface area contributed by atoms with Gasteiger partial charge in [0.05, 0.1) is 5.01 Å². The lowest BCUT2D eigenvalue weighted by atomic mass is 9.98. The summed E-state index contributed by atoms with van der Waals surface area (Å²) in [6, 6.07) is 6.61. The zero-order valence-corrected chi connectivity index (χ0v) is 12.3. The van der Waals surface area contributed by atoms with E-state index < -0.39 is 0 Å². The number of benzene rings is 1. The predicted octanol–water partition coefficient (Wildman–Crippen LogP) is 3.34. The third-order valence-corrected chi connectivity index (χ3v) is 4.73. The van der Waals surface area contributed by atoms with Gasteiger partial charge in [-0.3, -0.25) is 0 Å². The molecule has 100 valence electrons. The van der Waals surface area contributed by atoms with Crippen LogP contribution in [-0.4, -0.2) is 18.6 Å². The number of fused-ring (bicyclic) bond motifs is 1. The molecule has 2 heterocycles. The normalized spacial score (nSPS) is 14.5. The van der Waals surface area contributed by atoms with Gasteiger partial charge in [0.1, 0.15) is 10.7 Å². The zero-order valence-electron chi connectivity index (χ0n) is 11.4. The SMILES string of the molecule is CCc1nc(-c2ccc3c(c2)CCCN3C)c(N)s1. The van der Waals surface area contributed by atoms with Crippen LogP contribution in [0.3, 0.4) is 0 Å². The molecule has 2 aromatic rings. The van der Waals surface area contributed by atoms with Crippen molar-refractivity contribution in [3.05, 3.63) is 28.8 Å². The standard InChI is InChI=1S/C15H19N3S/c1-3-13-17-14(15(16)19-13)11-6-7-12-10(9-11)5-4-8-18(12)2/h6-7,9H,3-5,8,16H2,1-2H3. The summed E-state index contributed by atoms with van der Waals surface area (Å²) in [5.74, 6) is 0. The van der Waals surface area contributed by atoms with E-state index in [1.807, 2.05) is 0 Å². The molecule has 0 amide bonds. The van der Waals surface area contributed by atoms with Gasteiger partial charge in [-0.1, -0.05) is 13.0 Å². The fourth-order valence-corrected chi connectivity index (χ4v) is 3.46. The number of aromatic nitrogens is 1. The highest BCUT2D eigenvalue weighted by Gasteiger charge is 2.16. The first-order chi connectivity index (χ1) is 9.19. The van der Waals surface area contributed by atoms with E-state index in [2.05, 4.69) is 42.1 Å². The average molecular weight is 273 g/mol. The minimum Gasteiger partial charge on any atom is -0.389 e. The minimum absolute atomic E-state index is 0.834. The van der Waals surface area contributed by atoms with Crippen LogP contribution in [0.1, 0.15) is 23.9 Å². The van der Waals surface area contributed by atoms with Crippen LogP contribution in [0.15, 0.2) is 18.2 Å². The second kappa shape index (κ2) is 4.85. The molecule has 0 saturated heterocycles. The summed E-state index contributed by atoms with van der Waals surface area (Å²) in [5.41, 5.74) is 11.0. The number of nitrogen functional groups attached to an aromatic ring is 1. The highest BCUT2D eigenvalue weighted by molar-refractivity contribution is 7.16. The average Bonchev–Trinajstić information content (AvgIpc) is 2.80. The van der Waals surface area contributed by atoms with Crippen LogP contribution in [0.5, 0.6) is 0 Å². The summed E-state index contributed by atoms with van der Waals surface area (Å²) >= 11 is 1.60. The van der Waals surface area contributed by atoms with Crippen LogP contribution in [-0.2, 0) is 12.8 Å². The van der Waals surface area contributed by atoms with Crippen molar-refractivity contribution in [2.24, 2.45) is 0 Å². The lowest BCUT2D eigenvalue weighted by Crippen LogP contribution is -2.24. The third kappa shape index (κ3) is 2.21. The molecule has 19 heavy (non-hydrogen) atoms. The lowest BCUT2D eigenvalue weighted by Gasteiger charge is -2.27. The molecular weight excluding hydrogens is 254 g/mol. The lowest BCUT2D eigenvalue weighted by molar-refractivity contribution is 0.745. The molecule has 0 radical (unpaired) electrons. The van der Waals surface area contributed by atoms with Crippen molar-refractivity contribution in [2.75, 3.05) is 24.2 Å². The maximum Gasteiger partial charge on any atom is 0.114 e. The van der Waals surface area contributed by atoms with Crippen LogP contribution >= 0.6 is 11.3 Å². The molecule has 3 rings (SSSR count). The molecule has 0 fully saturated rings. The topological polar surface area (TPSA) is 42.2 Å². The number of hydrogen-bond acceptors (Lipinski definition) is 4. The molecule has 2 N–H and O–H groups in total. The van der Waals surface area contributed by atoms with Gasteiger partial charge in [-0.25, -0.2) is 4.98 Å². The minimum atomic E-state index is 0.834. The molecule has 0 spiro atoms. The largest absolute Gasteiger partial charge is 0.389 e. The summed E-state index contributed by atoms with van der Waals surface area (Å²) in [6.45, 7) is 3.26. The molecule has 0 aliphatic carbocycles. The number of thiazole rings is 1. The van der Waals surface area contributed by atoms with Crippen LogP contribution in [0.2, 0.25) is 0 Å². The second-order valence-electron chi connectivity index (χ2n) is 5.04. The van der Waals surface area contributed by atoms with Gasteiger partial charge in [-0.15, -0.1) is 11.3 Å². The Balaban J connectivity index is 2.04. The van der Waals surface area contributed by atoms with Crippen molar-refractivity contribution < 1.29 is 0 Å². The Hall–Kier alpha value is -1.55. The van der Waals surface area contributed by atoms with Gasteiger partial charge >= 0.3 is 0 Å². The molecule has 3 nitrogen and oxygen atoms in total. The van der Waals surface area contributed by atoms with E-state index in [-0.39, 0.29) is 0 Å². The van der Waals surface area contributed by atoms with E-state index in [1.165, 1.54) is 17.7 Å². The molecule has 1 aliphatic rings. The summed E-state index contributed by atoms with van der Waals surface area (Å²) < 4.78 is 0. The third-order valence-electron chi connectivity index (χ3n) is 3.70. The van der Waals surface area contributed by atoms with Gasteiger partial charge in [-0.2, -0.15) is 0 Å². The molecule has 0 atom stereocenters. The quantitative estimate of drug-likeness (QED) is 0.912. The summed E-state index contributed by atoms with van der Waals surface area (Å²) in [7, 11) is 2.16. The van der Waals surface area contributed by atoms with E-state index in [4.69, 9.17) is 5.73 Å². The van der Waals surface area contributed by atoms with Crippen molar-refractivity contribution in [3.63, 3.8) is 0 Å². The Bertz CT molecular complexity index is 603. The summed E-state index contributed by atoms with van der Waals surface area (Å²) in [4.78, 5) is 6.97. The second-order valence-corrected chi connectivity index (χ2v) is 6.16. The molecule has 1 aromatic carbocycles. The van der Waals surface area contributed by atoms with Crippen LogP contribution in [0, 0.1) is 0 Å². The Morgan fingerprint density at radius 2 is 2.26 bits per heavy atom. The molecule has 0 unspecified atom stereocenters. The van der Waals surface area contributed by atoms with Crippen LogP contribution in [0.4, 0.5) is 10.7 Å². The van der Waals surface area contributed by atoms with Gasteiger partial charge in [-0.05, 0) is 37.0 Å². The van der Waals surface area contributed by atoms with Crippen molar-refractivity contribution in [1.82, 2.24) is 4.98 Å². The van der Waals surface area contributed by atoms with Crippen molar-refractivity contribution in [2.45, 2.75) is 26.2 Å². The molecule has 1 aliphatic heterocycles. The van der Waals surface area contributed by atoms with Crippen molar-refractivity contribution >= 4 is 22.0 Å². The highest BCUT2D eigenvalue weighted by atomic mass is 32.1. The summed E-state index contributed by atoms with van der Waals surface area (Å²) in [6.07, 6.45) is 3.32. The molecule has 4 heteroatoms. The monoisotopic (exact) mass is 273 g/mol. The van der Waals surface area contributed by atoms with Gasteiger partial charge in [0.2, 0.25) is 0 Å². The smallest absolute Gasteiger partial charge is 0.114 e. The first-order valence-corrected chi connectivity index (χ1v) is 7.60. The first kappa shape index (κ1) is 12.5. The Labute approximate surface area is 118 Å². The summed E-state index contributed by atoms with van der Waals surface area (Å²) in [5, 5.41) is 1.95. The highest BCUT2D eigenvalue weighted by Crippen LogP contribution is 2.35. The van der Waals surface area contributed by atoms with E-state index in [1.54, 1.807) is 11.3 Å². The molecule has 1 aromatic heterocycles. The van der Waals surface area contributed by atoms with Crippen molar-refractivity contribution in [1.29, 1.82) is 0 Å². The van der Waals surface area contributed by atoms with Gasteiger partial charge in [0.15, 0.2) is 0 Å². The maximum absolute atomic E-state index is 6.10. The number of nitrogens with zero attached hydrogens (tertiary/aromatic N) is 2. The fourth-order valence-electron chi connectivity index (χ4n) is 2.67. The van der Waals surface area contributed by atoms with E-state index in [9.17, 15) is 0 Å². The number of anilines is 2. The van der Waals surface area contributed by atoms with Crippen molar-refractivity contribution in [3.8, 4) is 11.3 Å². The Kier molecular flexibility index (Phi) is 3.19. The number of hydrogen-bond donors (Lipinski definition) is 1. The van der Waals surface area contributed by atoms with Gasteiger partial charge < -0.3 is 10.6 Å². The Morgan fingerprint density at radius 3 is 3.00 bits per heavy atom. The van der Waals surface area contributed by atoms with Crippen LogP contribution in [0.25, 0.3) is 11.3 Å². The van der Waals surface area contributed by atoms with E-state index in [0.29, 0.717) is 0 Å². The van der Waals surface area contributed by atoms with Gasteiger partial charge in [0.25, 0.3) is 0 Å². The molecule has 0 saturated carbocycles.